The number of imidazole rings is 1. The zero-order valence-corrected chi connectivity index (χ0v) is 20.2. The van der Waals surface area contributed by atoms with E-state index in [0.29, 0.717) is 19.1 Å². The lowest BCUT2D eigenvalue weighted by Gasteiger charge is -2.22. The molecule has 2 heterocycles. The number of benzene rings is 2. The molecule has 0 radical (unpaired) electrons. The Labute approximate surface area is 201 Å². The Kier molecular flexibility index (Phi) is 8.90. The van der Waals surface area contributed by atoms with Gasteiger partial charge in [-0.1, -0.05) is 48.5 Å². The van der Waals surface area contributed by atoms with Crippen LogP contribution in [-0.4, -0.2) is 47.2 Å². The SMILES string of the molecule is CN=C(NCc1ccccc1-n1ccnc1)N1CCC(COCc2ccccc2)C1.I. The first-order valence-electron chi connectivity index (χ1n) is 10.5. The van der Waals surface area contributed by atoms with E-state index < -0.39 is 0 Å². The maximum Gasteiger partial charge on any atom is 0.193 e. The molecular formula is C24H30IN5O. The summed E-state index contributed by atoms with van der Waals surface area (Å²) in [5.41, 5.74) is 3.56. The number of ether oxygens (including phenoxy) is 1. The highest BCUT2D eigenvalue weighted by Gasteiger charge is 2.25. The van der Waals surface area contributed by atoms with Crippen LogP contribution in [0.25, 0.3) is 5.69 Å². The molecule has 0 amide bonds. The number of rotatable bonds is 7. The summed E-state index contributed by atoms with van der Waals surface area (Å²) >= 11 is 0. The second-order valence-electron chi connectivity index (χ2n) is 7.60. The highest BCUT2D eigenvalue weighted by Crippen LogP contribution is 2.18. The predicted molar refractivity (Wildman–Crippen MR) is 135 cm³/mol. The minimum atomic E-state index is 0. The molecule has 164 valence electrons. The van der Waals surface area contributed by atoms with Gasteiger partial charge in [0, 0.05) is 45.0 Å². The van der Waals surface area contributed by atoms with Crippen LogP contribution in [0.4, 0.5) is 0 Å². The highest BCUT2D eigenvalue weighted by atomic mass is 127. The molecule has 2 aromatic carbocycles. The van der Waals surface area contributed by atoms with Crippen LogP contribution in [0.3, 0.4) is 0 Å². The van der Waals surface area contributed by atoms with Gasteiger partial charge in [0.15, 0.2) is 5.96 Å². The van der Waals surface area contributed by atoms with Crippen LogP contribution in [0.1, 0.15) is 17.5 Å². The Morgan fingerprint density at radius 1 is 1.16 bits per heavy atom. The molecule has 7 heteroatoms. The van der Waals surface area contributed by atoms with E-state index in [0.717, 1.165) is 37.8 Å². The van der Waals surface area contributed by atoms with Crippen LogP contribution < -0.4 is 5.32 Å². The summed E-state index contributed by atoms with van der Waals surface area (Å²) in [6.45, 7) is 4.15. The van der Waals surface area contributed by atoms with Gasteiger partial charge >= 0.3 is 0 Å². The smallest absolute Gasteiger partial charge is 0.193 e. The number of hydrogen-bond donors (Lipinski definition) is 1. The zero-order valence-electron chi connectivity index (χ0n) is 17.9. The van der Waals surface area contributed by atoms with Crippen LogP contribution in [0, 0.1) is 5.92 Å². The Balaban J connectivity index is 0.00000272. The van der Waals surface area contributed by atoms with Crippen molar-refractivity contribution in [2.75, 3.05) is 26.7 Å². The van der Waals surface area contributed by atoms with Crippen molar-refractivity contribution in [3.05, 3.63) is 84.4 Å². The topological polar surface area (TPSA) is 54.7 Å². The lowest BCUT2D eigenvalue weighted by Crippen LogP contribution is -2.40. The normalized spacial score (nSPS) is 16.2. The monoisotopic (exact) mass is 531 g/mol. The molecule has 31 heavy (non-hydrogen) atoms. The summed E-state index contributed by atoms with van der Waals surface area (Å²) in [6.07, 6.45) is 6.72. The second-order valence-corrected chi connectivity index (χ2v) is 7.60. The fourth-order valence-corrected chi connectivity index (χ4v) is 3.90. The van der Waals surface area contributed by atoms with Crippen molar-refractivity contribution in [2.24, 2.45) is 10.9 Å². The first kappa shape index (κ1) is 23.3. The Morgan fingerprint density at radius 3 is 2.74 bits per heavy atom. The van der Waals surface area contributed by atoms with Crippen LogP contribution in [0.5, 0.6) is 0 Å². The average molecular weight is 531 g/mol. The summed E-state index contributed by atoms with van der Waals surface area (Å²) in [7, 11) is 1.85. The van der Waals surface area contributed by atoms with Crippen LogP contribution in [0.2, 0.25) is 0 Å². The third kappa shape index (κ3) is 6.30. The molecular weight excluding hydrogens is 501 g/mol. The van der Waals surface area contributed by atoms with E-state index in [-0.39, 0.29) is 24.0 Å². The van der Waals surface area contributed by atoms with E-state index in [1.54, 1.807) is 6.20 Å². The molecule has 1 N–H and O–H groups in total. The Hall–Kier alpha value is -2.39. The molecule has 1 aliphatic rings. The van der Waals surface area contributed by atoms with Crippen molar-refractivity contribution in [3.8, 4) is 5.69 Å². The first-order chi connectivity index (χ1) is 14.8. The molecule has 1 unspecified atom stereocenters. The molecule has 4 rings (SSSR count). The number of para-hydroxylation sites is 1. The maximum absolute atomic E-state index is 5.96. The predicted octanol–water partition coefficient (Wildman–Crippen LogP) is 4.10. The van der Waals surface area contributed by atoms with Gasteiger partial charge in [-0.05, 0) is 23.6 Å². The van der Waals surface area contributed by atoms with Crippen molar-refractivity contribution in [1.82, 2.24) is 19.8 Å². The van der Waals surface area contributed by atoms with Gasteiger partial charge in [0.2, 0.25) is 0 Å². The minimum Gasteiger partial charge on any atom is -0.376 e. The fourth-order valence-electron chi connectivity index (χ4n) is 3.90. The fraction of sp³-hybridized carbons (Fsp3) is 0.333. The van der Waals surface area contributed by atoms with Crippen molar-refractivity contribution < 1.29 is 4.74 Å². The number of likely N-dealkylation sites (tertiary alicyclic amines) is 1. The van der Waals surface area contributed by atoms with Crippen LogP contribution >= 0.6 is 24.0 Å². The van der Waals surface area contributed by atoms with E-state index >= 15 is 0 Å². The van der Waals surface area contributed by atoms with E-state index in [9.17, 15) is 0 Å². The van der Waals surface area contributed by atoms with Gasteiger partial charge in [-0.2, -0.15) is 0 Å². The number of nitrogens with zero attached hydrogens (tertiary/aromatic N) is 4. The molecule has 3 aromatic rings. The van der Waals surface area contributed by atoms with E-state index in [1.807, 2.05) is 36.3 Å². The van der Waals surface area contributed by atoms with E-state index in [1.165, 1.54) is 11.1 Å². The molecule has 0 spiro atoms. The summed E-state index contributed by atoms with van der Waals surface area (Å²) in [4.78, 5) is 11.0. The number of halogens is 1. The van der Waals surface area contributed by atoms with Gasteiger partial charge in [-0.25, -0.2) is 4.98 Å². The number of nitrogens with one attached hydrogen (secondary N) is 1. The van der Waals surface area contributed by atoms with Crippen LogP contribution in [0.15, 0.2) is 78.3 Å². The largest absolute Gasteiger partial charge is 0.376 e. The molecule has 1 aromatic heterocycles. The third-order valence-corrected chi connectivity index (χ3v) is 5.47. The van der Waals surface area contributed by atoms with Crippen molar-refractivity contribution >= 4 is 29.9 Å². The molecule has 0 bridgehead atoms. The van der Waals surface area contributed by atoms with Crippen molar-refractivity contribution in [3.63, 3.8) is 0 Å². The van der Waals surface area contributed by atoms with Crippen LogP contribution in [-0.2, 0) is 17.9 Å². The van der Waals surface area contributed by atoms with Crippen molar-refractivity contribution in [1.29, 1.82) is 0 Å². The van der Waals surface area contributed by atoms with Gasteiger partial charge < -0.3 is 19.5 Å². The number of guanidine groups is 1. The number of aliphatic imine (C=N–C) groups is 1. The molecule has 1 atom stereocenters. The summed E-state index contributed by atoms with van der Waals surface area (Å²) in [6, 6.07) is 18.7. The quantitative estimate of drug-likeness (QED) is 0.284. The average Bonchev–Trinajstić information content (AvgIpc) is 3.48. The summed E-state index contributed by atoms with van der Waals surface area (Å²) in [5, 5.41) is 3.53. The van der Waals surface area contributed by atoms with Gasteiger partial charge in [0.1, 0.15) is 0 Å². The van der Waals surface area contributed by atoms with Gasteiger partial charge in [-0.15, -0.1) is 24.0 Å². The lowest BCUT2D eigenvalue weighted by molar-refractivity contribution is 0.0906. The third-order valence-electron chi connectivity index (χ3n) is 5.47. The molecule has 0 aliphatic carbocycles. The van der Waals surface area contributed by atoms with Gasteiger partial charge in [-0.3, -0.25) is 4.99 Å². The highest BCUT2D eigenvalue weighted by molar-refractivity contribution is 14.0. The zero-order chi connectivity index (χ0) is 20.6. The minimum absolute atomic E-state index is 0. The van der Waals surface area contributed by atoms with Gasteiger partial charge in [0.05, 0.1) is 25.2 Å². The standard InChI is InChI=1S/C24H29N5O.HI/c1-25-24(27-15-22-9-5-6-10-23(22)29-14-12-26-19-29)28-13-11-21(16-28)18-30-17-20-7-3-2-4-8-20;/h2-10,12,14,19,21H,11,13,15-18H2,1H3,(H,25,27);1H. The van der Waals surface area contributed by atoms with Crippen molar-refractivity contribution in [2.45, 2.75) is 19.6 Å². The molecule has 6 nitrogen and oxygen atoms in total. The molecule has 0 saturated carbocycles. The second kappa shape index (κ2) is 11.9. The van der Waals surface area contributed by atoms with Gasteiger partial charge in [0.25, 0.3) is 0 Å². The number of aromatic nitrogens is 2. The first-order valence-corrected chi connectivity index (χ1v) is 10.5. The Bertz CT molecular complexity index is 946. The molecule has 1 saturated heterocycles. The molecule has 1 aliphatic heterocycles. The van der Waals surface area contributed by atoms with E-state index in [2.05, 4.69) is 62.7 Å². The summed E-state index contributed by atoms with van der Waals surface area (Å²) in [5.74, 6) is 1.48. The van der Waals surface area contributed by atoms with E-state index in [4.69, 9.17) is 4.74 Å². The summed E-state index contributed by atoms with van der Waals surface area (Å²) < 4.78 is 7.99. The Morgan fingerprint density at radius 2 is 1.97 bits per heavy atom. The number of hydrogen-bond acceptors (Lipinski definition) is 3. The maximum atomic E-state index is 5.96. The molecule has 1 fully saturated rings. The lowest BCUT2D eigenvalue weighted by atomic mass is 10.1.